The summed E-state index contributed by atoms with van der Waals surface area (Å²) in [6.45, 7) is 2.66. The van der Waals surface area contributed by atoms with E-state index in [1.165, 1.54) is 12.0 Å². The normalized spacial score (nSPS) is 19.3. The molecule has 0 unspecified atom stereocenters. The van der Waals surface area contributed by atoms with Crippen LogP contribution >= 0.6 is 11.3 Å². The number of carbonyl (C=O) groups is 3. The van der Waals surface area contributed by atoms with Crippen LogP contribution in [0.3, 0.4) is 0 Å². The van der Waals surface area contributed by atoms with Gasteiger partial charge in [-0.05, 0) is 30.9 Å². The number of thiophene rings is 1. The number of para-hydroxylation sites is 1. The lowest BCUT2D eigenvalue weighted by Crippen LogP contribution is -2.43. The fourth-order valence-corrected chi connectivity index (χ4v) is 5.02. The number of amides is 3. The van der Waals surface area contributed by atoms with Gasteiger partial charge in [0.15, 0.2) is 0 Å². The van der Waals surface area contributed by atoms with Gasteiger partial charge >= 0.3 is 0 Å². The van der Waals surface area contributed by atoms with Gasteiger partial charge in [0.1, 0.15) is 5.75 Å². The van der Waals surface area contributed by atoms with Crippen LogP contribution < -0.4 is 4.74 Å². The van der Waals surface area contributed by atoms with E-state index < -0.39 is 5.41 Å². The Balaban J connectivity index is 1.96. The molecule has 7 nitrogen and oxygen atoms in total. The number of likely N-dealkylation sites (tertiary alicyclic amines) is 1. The van der Waals surface area contributed by atoms with Crippen molar-refractivity contribution in [3.8, 4) is 5.75 Å². The van der Waals surface area contributed by atoms with Crippen molar-refractivity contribution in [3.05, 3.63) is 52.2 Å². The molecule has 0 saturated carbocycles. The second-order valence-electron chi connectivity index (χ2n) is 8.03. The minimum absolute atomic E-state index is 0.0633. The Bertz CT molecular complexity index is 961. The van der Waals surface area contributed by atoms with Gasteiger partial charge in [0.2, 0.25) is 17.7 Å². The van der Waals surface area contributed by atoms with Crippen LogP contribution in [0.2, 0.25) is 0 Å². The summed E-state index contributed by atoms with van der Waals surface area (Å²) in [5.41, 5.74) is -0.724. The van der Waals surface area contributed by atoms with Gasteiger partial charge in [-0.3, -0.25) is 19.3 Å². The molecule has 1 aliphatic heterocycles. The molecule has 32 heavy (non-hydrogen) atoms. The fourth-order valence-electron chi connectivity index (χ4n) is 4.20. The minimum atomic E-state index is -1.29. The fraction of sp³-hybridized carbons (Fsp3) is 0.458. The van der Waals surface area contributed by atoms with Crippen LogP contribution in [0.25, 0.3) is 0 Å². The smallest absolute Gasteiger partial charge is 0.241 e. The number of hydrogen-bond acceptors (Lipinski definition) is 6. The molecule has 0 radical (unpaired) electrons. The van der Waals surface area contributed by atoms with Gasteiger partial charge in [0, 0.05) is 50.6 Å². The summed E-state index contributed by atoms with van der Waals surface area (Å²) in [5.74, 6) is -0.335. The van der Waals surface area contributed by atoms with Crippen LogP contribution in [0.4, 0.5) is 0 Å². The summed E-state index contributed by atoms with van der Waals surface area (Å²) in [7, 11) is 4.84. The van der Waals surface area contributed by atoms with Gasteiger partial charge in [-0.25, -0.2) is 0 Å². The summed E-state index contributed by atoms with van der Waals surface area (Å²) in [6.07, 6.45) is 0.371. The second-order valence-corrected chi connectivity index (χ2v) is 9.01. The van der Waals surface area contributed by atoms with Crippen molar-refractivity contribution in [1.82, 2.24) is 9.80 Å². The maximum Gasteiger partial charge on any atom is 0.241 e. The Morgan fingerprint density at radius 1 is 1.22 bits per heavy atom. The van der Waals surface area contributed by atoms with Crippen LogP contribution in [0.15, 0.2) is 41.8 Å². The molecule has 2 atom stereocenters. The summed E-state index contributed by atoms with van der Waals surface area (Å²) >= 11 is 1.58. The van der Waals surface area contributed by atoms with Gasteiger partial charge in [-0.1, -0.05) is 24.3 Å². The summed E-state index contributed by atoms with van der Waals surface area (Å²) < 4.78 is 10.6. The van der Waals surface area contributed by atoms with Crippen LogP contribution in [0.5, 0.6) is 5.75 Å². The molecule has 8 heteroatoms. The quantitative estimate of drug-likeness (QED) is 0.403. The lowest BCUT2D eigenvalue weighted by atomic mass is 9.75. The zero-order valence-electron chi connectivity index (χ0n) is 19.0. The molecule has 1 aromatic carbocycles. The molecule has 2 aromatic rings. The van der Waals surface area contributed by atoms with Crippen molar-refractivity contribution >= 4 is 29.1 Å². The van der Waals surface area contributed by atoms with Gasteiger partial charge in [0.25, 0.3) is 0 Å². The van der Waals surface area contributed by atoms with E-state index in [0.717, 1.165) is 4.88 Å². The molecule has 0 N–H and O–H groups in total. The van der Waals surface area contributed by atoms with Crippen LogP contribution in [0.1, 0.15) is 42.7 Å². The topological polar surface area (TPSA) is 76.2 Å². The number of hydrogen-bond donors (Lipinski definition) is 0. The van der Waals surface area contributed by atoms with Crippen molar-refractivity contribution in [2.45, 2.75) is 37.6 Å². The summed E-state index contributed by atoms with van der Waals surface area (Å²) in [4.78, 5) is 44.0. The molecule has 1 saturated heterocycles. The number of nitrogens with zero attached hydrogens (tertiary/aromatic N) is 2. The Kier molecular flexibility index (Phi) is 7.69. The number of ether oxygens (including phenoxy) is 2. The first-order valence-corrected chi connectivity index (χ1v) is 11.5. The molecule has 3 rings (SSSR count). The van der Waals surface area contributed by atoms with Crippen molar-refractivity contribution in [2.75, 3.05) is 34.4 Å². The number of rotatable bonds is 10. The van der Waals surface area contributed by atoms with Crippen LogP contribution in [-0.2, 0) is 24.5 Å². The molecular formula is C24H30N2O5S. The molecule has 172 valence electrons. The Morgan fingerprint density at radius 3 is 2.62 bits per heavy atom. The first-order valence-electron chi connectivity index (χ1n) is 10.6. The molecule has 1 fully saturated rings. The average Bonchev–Trinajstić information content (AvgIpc) is 3.41. The van der Waals surface area contributed by atoms with Gasteiger partial charge < -0.3 is 14.4 Å². The standard InChI is InChI=1S/C24H30N2O5S/c1-17(20-11-7-14-32-20)25(2)21(27)15-24(18-9-5-6-10-19(18)31-4)16-22(28)26(23(24)29)12-8-13-30-3/h5-7,9-11,14,17H,8,12-13,15-16H2,1-4H3/t17-,24-/m1/s1. The van der Waals surface area contributed by atoms with E-state index >= 15 is 0 Å². The van der Waals surface area contributed by atoms with Crippen molar-refractivity contribution in [1.29, 1.82) is 0 Å². The van der Waals surface area contributed by atoms with Crippen molar-refractivity contribution in [2.24, 2.45) is 0 Å². The monoisotopic (exact) mass is 458 g/mol. The third-order valence-corrected chi connectivity index (χ3v) is 7.19. The van der Waals surface area contributed by atoms with E-state index in [2.05, 4.69) is 0 Å². The first-order chi connectivity index (χ1) is 15.4. The highest BCUT2D eigenvalue weighted by atomic mass is 32.1. The minimum Gasteiger partial charge on any atom is -0.496 e. The predicted octanol–water partition coefficient (Wildman–Crippen LogP) is 3.40. The molecule has 3 amide bonds. The zero-order valence-corrected chi connectivity index (χ0v) is 19.8. The SMILES string of the molecule is COCCCN1C(=O)C[C@](CC(=O)N(C)[C@H](C)c2cccs2)(c2ccccc2OC)C1=O. The Labute approximate surface area is 192 Å². The average molecular weight is 459 g/mol. The van der Waals surface area contributed by atoms with E-state index in [4.69, 9.17) is 9.47 Å². The van der Waals surface area contributed by atoms with Gasteiger partial charge in [-0.15, -0.1) is 11.3 Å². The van der Waals surface area contributed by atoms with Crippen molar-refractivity contribution in [3.63, 3.8) is 0 Å². The highest BCUT2D eigenvalue weighted by Gasteiger charge is 2.55. The van der Waals surface area contributed by atoms with E-state index in [1.54, 1.807) is 54.7 Å². The van der Waals surface area contributed by atoms with Crippen LogP contribution in [-0.4, -0.2) is 61.9 Å². The zero-order chi connectivity index (χ0) is 23.3. The lowest BCUT2D eigenvalue weighted by Gasteiger charge is -2.32. The highest BCUT2D eigenvalue weighted by molar-refractivity contribution is 7.10. The summed E-state index contributed by atoms with van der Waals surface area (Å²) in [6, 6.07) is 10.9. The van der Waals surface area contributed by atoms with Gasteiger partial charge in [-0.2, -0.15) is 0 Å². The molecule has 1 aromatic heterocycles. The molecule has 0 aliphatic carbocycles. The molecule has 0 spiro atoms. The highest BCUT2D eigenvalue weighted by Crippen LogP contribution is 2.44. The predicted molar refractivity (Wildman–Crippen MR) is 123 cm³/mol. The second kappa shape index (κ2) is 10.3. The number of imide groups is 1. The van der Waals surface area contributed by atoms with E-state index in [1.807, 2.05) is 24.4 Å². The van der Waals surface area contributed by atoms with E-state index in [0.29, 0.717) is 24.3 Å². The largest absolute Gasteiger partial charge is 0.496 e. The molecule has 1 aliphatic rings. The molecular weight excluding hydrogens is 428 g/mol. The van der Waals surface area contributed by atoms with E-state index in [9.17, 15) is 14.4 Å². The maximum atomic E-state index is 13.7. The summed E-state index contributed by atoms with van der Waals surface area (Å²) in [5, 5.41) is 1.97. The third kappa shape index (κ3) is 4.56. The van der Waals surface area contributed by atoms with Crippen molar-refractivity contribution < 1.29 is 23.9 Å². The van der Waals surface area contributed by atoms with Crippen LogP contribution in [0, 0.1) is 0 Å². The number of methoxy groups -OCH3 is 2. The molecule has 2 heterocycles. The van der Waals surface area contributed by atoms with Gasteiger partial charge in [0.05, 0.1) is 18.6 Å². The Morgan fingerprint density at radius 2 is 1.97 bits per heavy atom. The van der Waals surface area contributed by atoms with E-state index in [-0.39, 0.29) is 43.1 Å². The molecule has 0 bridgehead atoms. The Hall–Kier alpha value is -2.71. The first kappa shape index (κ1) is 23.9. The number of benzene rings is 1. The maximum absolute atomic E-state index is 13.7. The lowest BCUT2D eigenvalue weighted by molar-refractivity contribution is -0.143. The third-order valence-electron chi connectivity index (χ3n) is 6.14. The number of carbonyl (C=O) groups excluding carboxylic acids is 3.